The Morgan fingerprint density at radius 1 is 1.27 bits per heavy atom. The summed E-state index contributed by atoms with van der Waals surface area (Å²) in [5.74, 6) is -0.224. The van der Waals surface area contributed by atoms with Crippen LogP contribution < -0.4 is 5.32 Å². The first-order valence-corrected chi connectivity index (χ1v) is 7.17. The lowest BCUT2D eigenvalue weighted by atomic mass is 10.2. The number of amides is 1. The molecule has 0 atom stereocenters. The van der Waals surface area contributed by atoms with Crippen LogP contribution >= 0.6 is 0 Å². The smallest absolute Gasteiger partial charge is 0.257 e. The zero-order valence-electron chi connectivity index (χ0n) is 12.5. The van der Waals surface area contributed by atoms with Gasteiger partial charge in [0.1, 0.15) is 11.4 Å². The van der Waals surface area contributed by atoms with E-state index in [1.807, 2.05) is 17.4 Å². The molecule has 0 fully saturated rings. The van der Waals surface area contributed by atoms with Crippen LogP contribution in [0.5, 0.6) is 5.75 Å². The van der Waals surface area contributed by atoms with Gasteiger partial charge in [-0.15, -0.1) is 0 Å². The number of carbonyl (C=O) groups is 1. The summed E-state index contributed by atoms with van der Waals surface area (Å²) in [6, 6.07) is 10.2. The second kappa shape index (κ2) is 5.52. The number of nitrogens with one attached hydrogen (secondary N) is 1. The molecule has 3 aromatic rings. The second-order valence-electron chi connectivity index (χ2n) is 5.11. The van der Waals surface area contributed by atoms with Crippen LogP contribution in [0.1, 0.15) is 28.7 Å². The van der Waals surface area contributed by atoms with Crippen molar-refractivity contribution >= 4 is 17.2 Å². The van der Waals surface area contributed by atoms with Crippen molar-refractivity contribution in [2.24, 2.45) is 0 Å². The number of aromatic hydroxyl groups is 1. The van der Waals surface area contributed by atoms with E-state index in [0.29, 0.717) is 11.3 Å². The fraction of sp³-hybridized carbons (Fsp3) is 0.176. The summed E-state index contributed by atoms with van der Waals surface area (Å²) in [4.78, 5) is 16.9. The van der Waals surface area contributed by atoms with E-state index in [1.54, 1.807) is 30.5 Å². The number of benzene rings is 1. The normalized spacial score (nSPS) is 10.8. The fourth-order valence-electron chi connectivity index (χ4n) is 2.45. The van der Waals surface area contributed by atoms with Crippen LogP contribution in [0.15, 0.2) is 42.6 Å². The molecule has 0 aliphatic heterocycles. The number of rotatable bonds is 3. The third-order valence-electron chi connectivity index (χ3n) is 3.70. The molecule has 1 amide bonds. The molecule has 5 nitrogen and oxygen atoms in total. The standard InChI is InChI=1S/C17H17N3O2/c1-3-13-11(2)20-10-12(8-9-16(20)18-13)17(22)19-14-6-4-5-7-15(14)21/h4-10,21H,3H2,1-2H3,(H,19,22). The second-order valence-corrected chi connectivity index (χ2v) is 5.11. The SMILES string of the molecule is CCc1nc2ccc(C(=O)Nc3ccccc3O)cn2c1C. The number of imidazole rings is 1. The average molecular weight is 295 g/mol. The van der Waals surface area contributed by atoms with Gasteiger partial charge < -0.3 is 14.8 Å². The summed E-state index contributed by atoms with van der Waals surface area (Å²) >= 11 is 0. The first-order valence-electron chi connectivity index (χ1n) is 7.17. The molecule has 112 valence electrons. The molecule has 0 aliphatic rings. The average Bonchev–Trinajstić information content (AvgIpc) is 2.85. The van der Waals surface area contributed by atoms with Gasteiger partial charge >= 0.3 is 0 Å². The third-order valence-corrected chi connectivity index (χ3v) is 3.70. The summed E-state index contributed by atoms with van der Waals surface area (Å²) in [5, 5.41) is 12.4. The highest BCUT2D eigenvalue weighted by atomic mass is 16.3. The van der Waals surface area contributed by atoms with E-state index in [9.17, 15) is 9.90 Å². The highest BCUT2D eigenvalue weighted by Crippen LogP contribution is 2.22. The van der Waals surface area contributed by atoms with Gasteiger partial charge in [0.15, 0.2) is 0 Å². The molecule has 0 saturated carbocycles. The number of nitrogens with zero attached hydrogens (tertiary/aromatic N) is 2. The Hall–Kier alpha value is -2.82. The van der Waals surface area contributed by atoms with Crippen molar-refractivity contribution in [1.29, 1.82) is 0 Å². The molecule has 0 spiro atoms. The van der Waals surface area contributed by atoms with Crippen molar-refractivity contribution in [2.45, 2.75) is 20.3 Å². The quantitative estimate of drug-likeness (QED) is 0.729. The molecular formula is C17H17N3O2. The maximum Gasteiger partial charge on any atom is 0.257 e. The van der Waals surface area contributed by atoms with Gasteiger partial charge in [0.25, 0.3) is 5.91 Å². The van der Waals surface area contributed by atoms with Crippen LogP contribution in [0.4, 0.5) is 5.69 Å². The lowest BCUT2D eigenvalue weighted by Crippen LogP contribution is -2.12. The molecule has 2 aromatic heterocycles. The van der Waals surface area contributed by atoms with Crippen molar-refractivity contribution in [3.8, 4) is 5.75 Å². The number of aromatic nitrogens is 2. The maximum atomic E-state index is 12.3. The minimum Gasteiger partial charge on any atom is -0.506 e. The Balaban J connectivity index is 1.94. The molecule has 3 rings (SSSR count). The van der Waals surface area contributed by atoms with Crippen molar-refractivity contribution in [2.75, 3.05) is 5.32 Å². The number of para-hydroxylation sites is 2. The Labute approximate surface area is 128 Å². The van der Waals surface area contributed by atoms with E-state index in [2.05, 4.69) is 17.2 Å². The number of hydrogen-bond donors (Lipinski definition) is 2. The number of fused-ring (bicyclic) bond motifs is 1. The van der Waals surface area contributed by atoms with E-state index in [4.69, 9.17) is 0 Å². The van der Waals surface area contributed by atoms with Gasteiger partial charge in [-0.25, -0.2) is 4.98 Å². The molecular weight excluding hydrogens is 278 g/mol. The fourth-order valence-corrected chi connectivity index (χ4v) is 2.45. The van der Waals surface area contributed by atoms with Crippen LogP contribution in [-0.2, 0) is 6.42 Å². The van der Waals surface area contributed by atoms with Gasteiger partial charge in [-0.05, 0) is 37.6 Å². The van der Waals surface area contributed by atoms with Crippen LogP contribution in [0.2, 0.25) is 0 Å². The molecule has 22 heavy (non-hydrogen) atoms. The number of hydrogen-bond acceptors (Lipinski definition) is 3. The third kappa shape index (κ3) is 2.41. The molecule has 5 heteroatoms. The van der Waals surface area contributed by atoms with Crippen molar-refractivity contribution in [1.82, 2.24) is 9.38 Å². The van der Waals surface area contributed by atoms with E-state index in [1.165, 1.54) is 6.07 Å². The minimum atomic E-state index is -0.269. The number of pyridine rings is 1. The highest BCUT2D eigenvalue weighted by molar-refractivity contribution is 6.05. The Bertz CT molecular complexity index is 852. The van der Waals surface area contributed by atoms with Gasteiger partial charge in [-0.1, -0.05) is 19.1 Å². The van der Waals surface area contributed by atoms with Gasteiger partial charge in [-0.3, -0.25) is 4.79 Å². The van der Waals surface area contributed by atoms with Crippen LogP contribution in [0.3, 0.4) is 0 Å². The van der Waals surface area contributed by atoms with Crippen molar-refractivity contribution in [3.63, 3.8) is 0 Å². The van der Waals surface area contributed by atoms with E-state index in [0.717, 1.165) is 23.5 Å². The molecule has 0 saturated heterocycles. The molecule has 0 radical (unpaired) electrons. The van der Waals surface area contributed by atoms with Crippen LogP contribution in [0.25, 0.3) is 5.65 Å². The lowest BCUT2D eigenvalue weighted by molar-refractivity contribution is 0.102. The molecule has 2 heterocycles. The Kier molecular flexibility index (Phi) is 3.55. The van der Waals surface area contributed by atoms with Gasteiger partial charge in [0.2, 0.25) is 0 Å². The molecule has 0 bridgehead atoms. The summed E-state index contributed by atoms with van der Waals surface area (Å²) in [6.07, 6.45) is 2.62. The Morgan fingerprint density at radius 3 is 2.77 bits per heavy atom. The minimum absolute atomic E-state index is 0.0454. The predicted molar refractivity (Wildman–Crippen MR) is 85.4 cm³/mol. The molecule has 0 unspecified atom stereocenters. The molecule has 1 aromatic carbocycles. The topological polar surface area (TPSA) is 66.6 Å². The predicted octanol–water partition coefficient (Wildman–Crippen LogP) is 3.16. The lowest BCUT2D eigenvalue weighted by Gasteiger charge is -2.07. The van der Waals surface area contributed by atoms with E-state index < -0.39 is 0 Å². The zero-order chi connectivity index (χ0) is 15.7. The summed E-state index contributed by atoms with van der Waals surface area (Å²) in [5.41, 5.74) is 3.80. The number of carbonyl (C=O) groups excluding carboxylic acids is 1. The van der Waals surface area contributed by atoms with Crippen LogP contribution in [0, 0.1) is 6.92 Å². The summed E-state index contributed by atoms with van der Waals surface area (Å²) in [6.45, 7) is 4.05. The number of phenolic OH excluding ortho intramolecular Hbond substituents is 1. The van der Waals surface area contributed by atoms with E-state index >= 15 is 0 Å². The number of aryl methyl sites for hydroxylation is 2. The van der Waals surface area contributed by atoms with Crippen LogP contribution in [-0.4, -0.2) is 20.4 Å². The maximum absolute atomic E-state index is 12.3. The van der Waals surface area contributed by atoms with Gasteiger partial charge in [0, 0.05) is 11.9 Å². The highest BCUT2D eigenvalue weighted by Gasteiger charge is 2.12. The first kappa shape index (κ1) is 14.1. The van der Waals surface area contributed by atoms with Crippen molar-refractivity contribution < 1.29 is 9.90 Å². The number of anilines is 1. The number of phenols is 1. The Morgan fingerprint density at radius 2 is 2.05 bits per heavy atom. The molecule has 0 aliphatic carbocycles. The van der Waals surface area contributed by atoms with Gasteiger partial charge in [-0.2, -0.15) is 0 Å². The van der Waals surface area contributed by atoms with E-state index in [-0.39, 0.29) is 11.7 Å². The molecule has 2 N–H and O–H groups in total. The van der Waals surface area contributed by atoms with Gasteiger partial charge in [0.05, 0.1) is 16.9 Å². The largest absolute Gasteiger partial charge is 0.506 e. The first-order chi connectivity index (χ1) is 10.6. The zero-order valence-corrected chi connectivity index (χ0v) is 12.5. The monoisotopic (exact) mass is 295 g/mol. The van der Waals surface area contributed by atoms with Crippen molar-refractivity contribution in [3.05, 3.63) is 59.5 Å². The summed E-state index contributed by atoms with van der Waals surface area (Å²) < 4.78 is 1.92. The summed E-state index contributed by atoms with van der Waals surface area (Å²) in [7, 11) is 0.